The lowest BCUT2D eigenvalue weighted by molar-refractivity contribution is 0.101. The maximum absolute atomic E-state index is 12.5. The second kappa shape index (κ2) is 6.68. The Kier molecular flexibility index (Phi) is 4.43. The average Bonchev–Trinajstić information content (AvgIpc) is 3.05. The van der Waals surface area contributed by atoms with Crippen molar-refractivity contribution in [3.63, 3.8) is 0 Å². The standard InChI is InChI=1S/C19H19N3O3/c1-12-7-8-17(22(2)3)15(9-12)20-19(24)16-11-18(25-21-16)13-5-4-6-14(23)10-13/h4-11,23H,1-3H3,(H,20,24). The second-order valence-electron chi connectivity index (χ2n) is 6.00. The summed E-state index contributed by atoms with van der Waals surface area (Å²) in [5, 5.41) is 16.3. The molecule has 6 heteroatoms. The molecule has 2 N–H and O–H groups in total. The van der Waals surface area contributed by atoms with E-state index in [1.165, 1.54) is 0 Å². The fourth-order valence-electron chi connectivity index (χ4n) is 2.50. The van der Waals surface area contributed by atoms with E-state index < -0.39 is 0 Å². The molecule has 0 spiro atoms. The van der Waals surface area contributed by atoms with Gasteiger partial charge in [0.25, 0.3) is 5.91 Å². The van der Waals surface area contributed by atoms with E-state index in [1.54, 1.807) is 30.3 Å². The Morgan fingerprint density at radius 2 is 1.96 bits per heavy atom. The summed E-state index contributed by atoms with van der Waals surface area (Å²) in [4.78, 5) is 14.4. The fourth-order valence-corrected chi connectivity index (χ4v) is 2.50. The molecular formula is C19H19N3O3. The average molecular weight is 337 g/mol. The number of phenols is 1. The lowest BCUT2D eigenvalue weighted by atomic mass is 10.1. The van der Waals surface area contributed by atoms with Crippen molar-refractivity contribution in [2.24, 2.45) is 0 Å². The summed E-state index contributed by atoms with van der Waals surface area (Å²) in [6.07, 6.45) is 0. The number of aromatic nitrogens is 1. The number of nitrogens with one attached hydrogen (secondary N) is 1. The highest BCUT2D eigenvalue weighted by Gasteiger charge is 2.16. The van der Waals surface area contributed by atoms with Crippen LogP contribution in [0.5, 0.6) is 5.75 Å². The van der Waals surface area contributed by atoms with Crippen LogP contribution in [-0.4, -0.2) is 30.3 Å². The van der Waals surface area contributed by atoms with Gasteiger partial charge in [0.05, 0.1) is 11.4 Å². The van der Waals surface area contributed by atoms with Crippen molar-refractivity contribution in [2.45, 2.75) is 6.92 Å². The number of amides is 1. The van der Waals surface area contributed by atoms with E-state index in [0.717, 1.165) is 11.3 Å². The summed E-state index contributed by atoms with van der Waals surface area (Å²) >= 11 is 0. The van der Waals surface area contributed by atoms with E-state index in [4.69, 9.17) is 4.52 Å². The van der Waals surface area contributed by atoms with Gasteiger partial charge in [0.2, 0.25) is 0 Å². The molecule has 128 valence electrons. The van der Waals surface area contributed by atoms with Gasteiger partial charge in [0.1, 0.15) is 5.75 Å². The number of hydrogen-bond acceptors (Lipinski definition) is 5. The number of benzene rings is 2. The van der Waals surface area contributed by atoms with Crippen molar-refractivity contribution in [3.05, 3.63) is 59.8 Å². The van der Waals surface area contributed by atoms with Gasteiger partial charge in [-0.3, -0.25) is 4.79 Å². The topological polar surface area (TPSA) is 78.6 Å². The van der Waals surface area contributed by atoms with Gasteiger partial charge in [0, 0.05) is 25.7 Å². The lowest BCUT2D eigenvalue weighted by Crippen LogP contribution is -2.17. The van der Waals surface area contributed by atoms with Gasteiger partial charge in [-0.25, -0.2) is 0 Å². The Labute approximate surface area is 145 Å². The third-order valence-electron chi connectivity index (χ3n) is 3.76. The Balaban J connectivity index is 1.85. The molecule has 2 aromatic carbocycles. The first kappa shape index (κ1) is 16.6. The first-order chi connectivity index (χ1) is 11.9. The van der Waals surface area contributed by atoms with Gasteiger partial charge in [-0.2, -0.15) is 0 Å². The number of anilines is 2. The number of aryl methyl sites for hydroxylation is 1. The normalized spacial score (nSPS) is 10.5. The number of aromatic hydroxyl groups is 1. The molecule has 0 fully saturated rings. The van der Waals surface area contributed by atoms with Gasteiger partial charge < -0.3 is 19.8 Å². The molecule has 1 amide bonds. The minimum absolute atomic E-state index is 0.121. The van der Waals surface area contributed by atoms with Crippen LogP contribution in [0.4, 0.5) is 11.4 Å². The molecule has 3 rings (SSSR count). The Bertz CT molecular complexity index is 916. The summed E-state index contributed by atoms with van der Waals surface area (Å²) in [5.41, 5.74) is 3.47. The summed E-state index contributed by atoms with van der Waals surface area (Å²) in [7, 11) is 3.83. The lowest BCUT2D eigenvalue weighted by Gasteiger charge is -2.18. The van der Waals surface area contributed by atoms with Crippen LogP contribution in [0, 0.1) is 6.92 Å². The molecule has 0 atom stereocenters. The molecule has 0 unspecified atom stereocenters. The SMILES string of the molecule is Cc1ccc(N(C)C)c(NC(=O)c2cc(-c3cccc(O)c3)on2)c1. The predicted octanol–water partition coefficient (Wildman–Crippen LogP) is 3.67. The molecule has 0 aliphatic rings. The highest BCUT2D eigenvalue weighted by atomic mass is 16.5. The molecule has 0 radical (unpaired) electrons. The van der Waals surface area contributed by atoms with Crippen LogP contribution in [0.1, 0.15) is 16.1 Å². The summed E-state index contributed by atoms with van der Waals surface area (Å²) < 4.78 is 5.23. The maximum Gasteiger partial charge on any atom is 0.277 e. The molecule has 0 aliphatic carbocycles. The number of rotatable bonds is 4. The minimum atomic E-state index is -0.358. The molecule has 0 saturated heterocycles. The van der Waals surface area contributed by atoms with E-state index in [-0.39, 0.29) is 17.4 Å². The first-order valence-corrected chi connectivity index (χ1v) is 7.79. The van der Waals surface area contributed by atoms with Crippen LogP contribution in [0.15, 0.2) is 53.1 Å². The molecule has 0 aliphatic heterocycles. The van der Waals surface area contributed by atoms with Gasteiger partial charge >= 0.3 is 0 Å². The molecule has 6 nitrogen and oxygen atoms in total. The van der Waals surface area contributed by atoms with Gasteiger partial charge in [-0.05, 0) is 36.8 Å². The largest absolute Gasteiger partial charge is 0.508 e. The zero-order chi connectivity index (χ0) is 18.0. The highest BCUT2D eigenvalue weighted by molar-refractivity contribution is 6.05. The smallest absolute Gasteiger partial charge is 0.277 e. The van der Waals surface area contributed by atoms with Crippen LogP contribution in [-0.2, 0) is 0 Å². The molecule has 1 aromatic heterocycles. The van der Waals surface area contributed by atoms with Crippen LogP contribution in [0.25, 0.3) is 11.3 Å². The van der Waals surface area contributed by atoms with Crippen molar-refractivity contribution in [1.82, 2.24) is 5.16 Å². The van der Waals surface area contributed by atoms with E-state index >= 15 is 0 Å². The number of phenolic OH excluding ortho intramolecular Hbond substituents is 1. The quantitative estimate of drug-likeness (QED) is 0.759. The van der Waals surface area contributed by atoms with Gasteiger partial charge in [0.15, 0.2) is 11.5 Å². The van der Waals surface area contributed by atoms with E-state index in [2.05, 4.69) is 10.5 Å². The summed E-state index contributed by atoms with van der Waals surface area (Å²) in [5.74, 6) is 0.178. The van der Waals surface area contributed by atoms with Crippen LogP contribution < -0.4 is 10.2 Å². The second-order valence-corrected chi connectivity index (χ2v) is 6.00. The Morgan fingerprint density at radius 1 is 1.16 bits per heavy atom. The van der Waals surface area contributed by atoms with Crippen molar-refractivity contribution >= 4 is 17.3 Å². The molecule has 0 saturated carbocycles. The highest BCUT2D eigenvalue weighted by Crippen LogP contribution is 2.27. The number of carbonyl (C=O) groups is 1. The van der Waals surface area contributed by atoms with E-state index in [9.17, 15) is 9.90 Å². The summed E-state index contributed by atoms with van der Waals surface area (Å²) in [6, 6.07) is 14.0. The molecule has 1 heterocycles. The van der Waals surface area contributed by atoms with Gasteiger partial charge in [-0.15, -0.1) is 0 Å². The van der Waals surface area contributed by atoms with Crippen LogP contribution in [0.2, 0.25) is 0 Å². The fraction of sp³-hybridized carbons (Fsp3) is 0.158. The van der Waals surface area contributed by atoms with Crippen molar-refractivity contribution in [1.29, 1.82) is 0 Å². The van der Waals surface area contributed by atoms with Crippen LogP contribution in [0.3, 0.4) is 0 Å². The molecular weight excluding hydrogens is 318 g/mol. The van der Waals surface area contributed by atoms with E-state index in [1.807, 2.05) is 44.1 Å². The third kappa shape index (κ3) is 3.63. The van der Waals surface area contributed by atoms with Gasteiger partial charge in [-0.1, -0.05) is 23.4 Å². The number of carbonyl (C=O) groups excluding carboxylic acids is 1. The summed E-state index contributed by atoms with van der Waals surface area (Å²) in [6.45, 7) is 1.96. The number of nitrogens with zero attached hydrogens (tertiary/aromatic N) is 2. The molecule has 25 heavy (non-hydrogen) atoms. The monoisotopic (exact) mass is 337 g/mol. The van der Waals surface area contributed by atoms with Crippen LogP contribution >= 0.6 is 0 Å². The third-order valence-corrected chi connectivity index (χ3v) is 3.76. The molecule has 3 aromatic rings. The predicted molar refractivity (Wildman–Crippen MR) is 97.1 cm³/mol. The zero-order valence-corrected chi connectivity index (χ0v) is 14.3. The van der Waals surface area contributed by atoms with Crippen molar-refractivity contribution in [3.8, 4) is 17.1 Å². The van der Waals surface area contributed by atoms with E-state index in [0.29, 0.717) is 17.0 Å². The minimum Gasteiger partial charge on any atom is -0.508 e. The zero-order valence-electron chi connectivity index (χ0n) is 14.3. The first-order valence-electron chi connectivity index (χ1n) is 7.79. The molecule has 0 bridgehead atoms. The number of hydrogen-bond donors (Lipinski definition) is 2. The van der Waals surface area contributed by atoms with Crippen molar-refractivity contribution < 1.29 is 14.4 Å². The van der Waals surface area contributed by atoms with Crippen molar-refractivity contribution in [2.75, 3.05) is 24.3 Å². The Hall–Kier alpha value is -3.28. The Morgan fingerprint density at radius 3 is 2.68 bits per heavy atom. The maximum atomic E-state index is 12.5.